The Balaban J connectivity index is 0.00000324. The first kappa shape index (κ1) is 26.2. The van der Waals surface area contributed by atoms with Gasteiger partial charge < -0.3 is 21.3 Å². The highest BCUT2D eigenvalue weighted by Crippen LogP contribution is 2.40. The molecule has 1 aliphatic carbocycles. The van der Waals surface area contributed by atoms with Crippen molar-refractivity contribution >= 4 is 41.7 Å². The highest BCUT2D eigenvalue weighted by molar-refractivity contribution is 14.0. The van der Waals surface area contributed by atoms with Gasteiger partial charge in [0, 0.05) is 56.3 Å². The Morgan fingerprint density at radius 1 is 1.12 bits per heavy atom. The Bertz CT molecular complexity index is 953. The molecular weight excluding hydrogens is 539 g/mol. The van der Waals surface area contributed by atoms with E-state index in [1.165, 1.54) is 31.2 Å². The third kappa shape index (κ3) is 6.20. The number of benzene rings is 1. The van der Waals surface area contributed by atoms with Crippen molar-refractivity contribution in [2.24, 2.45) is 16.6 Å². The van der Waals surface area contributed by atoms with Crippen LogP contribution in [-0.2, 0) is 16.8 Å². The third-order valence-corrected chi connectivity index (χ3v) is 7.28. The van der Waals surface area contributed by atoms with Crippen molar-refractivity contribution in [3.63, 3.8) is 0 Å². The van der Waals surface area contributed by atoms with Gasteiger partial charge in [-0.05, 0) is 37.3 Å². The van der Waals surface area contributed by atoms with E-state index in [1.807, 2.05) is 19.3 Å². The van der Waals surface area contributed by atoms with Crippen LogP contribution in [0.5, 0.6) is 0 Å². The second-order valence-corrected chi connectivity index (χ2v) is 9.28. The number of amides is 1. The highest BCUT2D eigenvalue weighted by atomic mass is 127. The Kier molecular flexibility index (Phi) is 9.55. The van der Waals surface area contributed by atoms with E-state index >= 15 is 0 Å². The molecule has 0 atom stereocenters. The number of piperidine rings is 1. The quantitative estimate of drug-likeness (QED) is 0.266. The fourth-order valence-electron chi connectivity index (χ4n) is 5.29. The minimum absolute atomic E-state index is 0. The Morgan fingerprint density at radius 3 is 2.47 bits per heavy atom. The molecule has 4 rings (SSSR count). The van der Waals surface area contributed by atoms with Crippen molar-refractivity contribution in [3.8, 4) is 0 Å². The second kappa shape index (κ2) is 12.4. The highest BCUT2D eigenvalue weighted by Gasteiger charge is 2.35. The first-order valence-electron chi connectivity index (χ1n) is 12.1. The van der Waals surface area contributed by atoms with Crippen LogP contribution in [0.15, 0.2) is 53.7 Å². The van der Waals surface area contributed by atoms with Crippen LogP contribution in [-0.4, -0.2) is 43.5 Å². The van der Waals surface area contributed by atoms with Gasteiger partial charge in [0.25, 0.3) is 0 Å². The summed E-state index contributed by atoms with van der Waals surface area (Å²) in [6.45, 7) is 3.10. The fourth-order valence-corrected chi connectivity index (χ4v) is 5.29. The van der Waals surface area contributed by atoms with Crippen LogP contribution in [0, 0.1) is 5.92 Å². The fraction of sp³-hybridized carbons (Fsp3) is 0.500. The molecule has 1 aliphatic heterocycles. The largest absolute Gasteiger partial charge is 0.369 e. The number of carbonyl (C=O) groups is 1. The number of aromatic nitrogens is 1. The third-order valence-electron chi connectivity index (χ3n) is 7.28. The zero-order valence-corrected chi connectivity index (χ0v) is 22.3. The van der Waals surface area contributed by atoms with Crippen LogP contribution in [0.25, 0.3) is 0 Å². The van der Waals surface area contributed by atoms with E-state index in [9.17, 15) is 4.79 Å². The molecule has 0 unspecified atom stereocenters. The number of nitrogens with two attached hydrogens (primary N) is 1. The normalized spacial score (nSPS) is 18.3. The lowest BCUT2D eigenvalue weighted by molar-refractivity contribution is -0.122. The topological polar surface area (TPSA) is 95.6 Å². The number of rotatable bonds is 7. The number of primary amides is 1. The molecule has 2 heterocycles. The summed E-state index contributed by atoms with van der Waals surface area (Å²) >= 11 is 0. The maximum atomic E-state index is 11.5. The average molecular weight is 577 g/mol. The lowest BCUT2D eigenvalue weighted by atomic mass is 9.79. The van der Waals surface area contributed by atoms with E-state index in [4.69, 9.17) is 5.73 Å². The van der Waals surface area contributed by atoms with Gasteiger partial charge in [0.15, 0.2) is 5.96 Å². The SMILES string of the molecule is CN=C(NCc1cccnc1N1CCC(C(N)=O)CC1)NCC1(c2ccccc2)CCCC1.I. The molecule has 34 heavy (non-hydrogen) atoms. The zero-order valence-electron chi connectivity index (χ0n) is 20.0. The number of hydrogen-bond acceptors (Lipinski definition) is 4. The standard InChI is InChI=1S/C26H36N6O.HI/c1-28-25(31-19-26(13-5-6-14-26)22-9-3-2-4-10-22)30-18-21-8-7-15-29-24(21)32-16-11-20(12-17-32)23(27)33;/h2-4,7-10,15,20H,5-6,11-14,16-19H2,1H3,(H2,27,33)(H2,28,30,31);1H. The summed E-state index contributed by atoms with van der Waals surface area (Å²) in [6, 6.07) is 14.9. The van der Waals surface area contributed by atoms with Crippen molar-refractivity contribution in [2.75, 3.05) is 31.6 Å². The molecule has 7 nitrogen and oxygen atoms in total. The Hall–Kier alpha value is -2.36. The molecule has 8 heteroatoms. The van der Waals surface area contributed by atoms with Crippen LogP contribution in [0.4, 0.5) is 5.82 Å². The number of aliphatic imine (C=N–C) groups is 1. The van der Waals surface area contributed by atoms with Gasteiger partial charge in [-0.25, -0.2) is 4.98 Å². The van der Waals surface area contributed by atoms with Crippen molar-refractivity contribution in [2.45, 2.75) is 50.5 Å². The van der Waals surface area contributed by atoms with Crippen LogP contribution >= 0.6 is 24.0 Å². The molecule has 1 aromatic heterocycles. The van der Waals surface area contributed by atoms with E-state index < -0.39 is 0 Å². The molecule has 0 spiro atoms. The molecule has 1 aromatic carbocycles. The molecule has 1 saturated carbocycles. The van der Waals surface area contributed by atoms with Gasteiger partial charge in [-0.1, -0.05) is 49.2 Å². The molecule has 184 valence electrons. The summed E-state index contributed by atoms with van der Waals surface area (Å²) in [5.41, 5.74) is 8.20. The average Bonchev–Trinajstić information content (AvgIpc) is 3.35. The predicted octanol–water partition coefficient (Wildman–Crippen LogP) is 3.58. The second-order valence-electron chi connectivity index (χ2n) is 9.28. The number of halogens is 1. The molecule has 4 N–H and O–H groups in total. The van der Waals surface area contributed by atoms with Crippen molar-refractivity contribution < 1.29 is 4.79 Å². The first-order valence-corrected chi connectivity index (χ1v) is 12.1. The summed E-state index contributed by atoms with van der Waals surface area (Å²) in [7, 11) is 1.82. The van der Waals surface area contributed by atoms with E-state index in [0.29, 0.717) is 6.54 Å². The summed E-state index contributed by atoms with van der Waals surface area (Å²) in [5.74, 6) is 1.56. The van der Waals surface area contributed by atoms with E-state index in [2.05, 4.69) is 61.9 Å². The van der Waals surface area contributed by atoms with Gasteiger partial charge in [-0.15, -0.1) is 24.0 Å². The maximum Gasteiger partial charge on any atom is 0.220 e. The van der Waals surface area contributed by atoms with Gasteiger partial charge >= 0.3 is 0 Å². The minimum atomic E-state index is -0.192. The lowest BCUT2D eigenvalue weighted by Gasteiger charge is -2.33. The zero-order chi connectivity index (χ0) is 23.1. The van der Waals surface area contributed by atoms with Gasteiger partial charge in [-0.2, -0.15) is 0 Å². The number of carbonyl (C=O) groups excluding carboxylic acids is 1. The monoisotopic (exact) mass is 576 g/mol. The number of pyridine rings is 1. The van der Waals surface area contributed by atoms with Crippen molar-refractivity contribution in [1.29, 1.82) is 0 Å². The maximum absolute atomic E-state index is 11.5. The van der Waals surface area contributed by atoms with Gasteiger partial charge in [0.2, 0.25) is 5.91 Å². The number of nitrogens with zero attached hydrogens (tertiary/aromatic N) is 3. The molecule has 1 saturated heterocycles. The smallest absolute Gasteiger partial charge is 0.220 e. The number of hydrogen-bond donors (Lipinski definition) is 3. The molecule has 0 bridgehead atoms. The predicted molar refractivity (Wildman–Crippen MR) is 149 cm³/mol. The molecule has 2 fully saturated rings. The molecule has 2 aliphatic rings. The number of nitrogens with one attached hydrogen (secondary N) is 2. The van der Waals surface area contributed by atoms with Gasteiger partial charge in [0.05, 0.1) is 0 Å². The number of anilines is 1. The van der Waals surface area contributed by atoms with E-state index in [-0.39, 0.29) is 41.2 Å². The van der Waals surface area contributed by atoms with Crippen LogP contribution in [0.3, 0.4) is 0 Å². The van der Waals surface area contributed by atoms with Crippen molar-refractivity contribution in [1.82, 2.24) is 15.6 Å². The molecule has 2 aromatic rings. The van der Waals surface area contributed by atoms with Crippen LogP contribution in [0.2, 0.25) is 0 Å². The van der Waals surface area contributed by atoms with Crippen LogP contribution in [0.1, 0.15) is 49.7 Å². The minimum Gasteiger partial charge on any atom is -0.369 e. The first-order chi connectivity index (χ1) is 16.1. The Morgan fingerprint density at radius 2 is 1.82 bits per heavy atom. The van der Waals surface area contributed by atoms with Gasteiger partial charge in [0.1, 0.15) is 5.82 Å². The molecule has 0 radical (unpaired) electrons. The number of guanidine groups is 1. The van der Waals surface area contributed by atoms with Crippen molar-refractivity contribution in [3.05, 3.63) is 59.8 Å². The summed E-state index contributed by atoms with van der Waals surface area (Å²) in [5, 5.41) is 7.07. The van der Waals surface area contributed by atoms with Crippen LogP contribution < -0.4 is 21.3 Å². The van der Waals surface area contributed by atoms with Gasteiger partial charge in [-0.3, -0.25) is 9.79 Å². The summed E-state index contributed by atoms with van der Waals surface area (Å²) in [6.07, 6.45) is 8.34. The lowest BCUT2D eigenvalue weighted by Crippen LogP contribution is -2.44. The summed E-state index contributed by atoms with van der Waals surface area (Å²) < 4.78 is 0. The molecule has 1 amide bonds. The van der Waals surface area contributed by atoms with E-state index in [1.54, 1.807) is 0 Å². The summed E-state index contributed by atoms with van der Waals surface area (Å²) in [4.78, 5) is 22.9. The Labute approximate surface area is 220 Å². The molecular formula is C26H37IN6O. The van der Waals surface area contributed by atoms with E-state index in [0.717, 1.165) is 49.8 Å².